The van der Waals surface area contributed by atoms with E-state index in [0.29, 0.717) is 18.6 Å². The van der Waals surface area contributed by atoms with E-state index in [1.54, 1.807) is 0 Å². The number of H-pyrrole nitrogens is 1. The van der Waals surface area contributed by atoms with Gasteiger partial charge in [0.1, 0.15) is 0 Å². The van der Waals surface area contributed by atoms with E-state index in [4.69, 9.17) is 0 Å². The number of nitrogens with one attached hydrogen (secondary N) is 1. The molecule has 1 fully saturated rings. The van der Waals surface area contributed by atoms with Crippen LogP contribution < -0.4 is 0 Å². The van der Waals surface area contributed by atoms with Gasteiger partial charge in [0.2, 0.25) is 0 Å². The third-order valence-corrected chi connectivity index (χ3v) is 5.96. The largest absolute Gasteiger partial charge is 0.396 e. The number of aromatic nitrogens is 1. The summed E-state index contributed by atoms with van der Waals surface area (Å²) >= 11 is 0. The summed E-state index contributed by atoms with van der Waals surface area (Å²) < 4.78 is 0. The van der Waals surface area contributed by atoms with Crippen LogP contribution in [0.5, 0.6) is 0 Å². The average molecular weight is 298 g/mol. The second-order valence-electron chi connectivity index (χ2n) is 7.00. The summed E-state index contributed by atoms with van der Waals surface area (Å²) in [6, 6.07) is 9.23. The number of hydrogen-bond acceptors (Lipinski definition) is 2. The van der Waals surface area contributed by atoms with Crippen LogP contribution in [0.4, 0.5) is 0 Å². The lowest BCUT2D eigenvalue weighted by atomic mass is 9.76. The minimum Gasteiger partial charge on any atom is -0.396 e. The minimum absolute atomic E-state index is 0.327. The van der Waals surface area contributed by atoms with Gasteiger partial charge in [0.25, 0.3) is 0 Å². The van der Waals surface area contributed by atoms with Crippen LogP contribution in [0, 0.1) is 11.8 Å². The fourth-order valence-electron chi connectivity index (χ4n) is 4.77. The number of aliphatic hydroxyl groups is 1. The lowest BCUT2D eigenvalue weighted by molar-refractivity contribution is 0.0396. The molecule has 0 amide bonds. The molecular weight excluding hydrogens is 272 g/mol. The molecule has 1 saturated heterocycles. The van der Waals surface area contributed by atoms with Crippen molar-refractivity contribution in [2.75, 3.05) is 19.7 Å². The molecule has 2 aromatic rings. The Morgan fingerprint density at radius 2 is 2.14 bits per heavy atom. The van der Waals surface area contributed by atoms with Crippen LogP contribution in [-0.2, 0) is 6.42 Å². The Kier molecular flexibility index (Phi) is 3.71. The molecule has 1 aromatic carbocycles. The van der Waals surface area contributed by atoms with E-state index >= 15 is 0 Å². The highest BCUT2D eigenvalue weighted by atomic mass is 16.3. The highest BCUT2D eigenvalue weighted by Gasteiger charge is 2.39. The van der Waals surface area contributed by atoms with Gasteiger partial charge in [0, 0.05) is 36.3 Å². The maximum atomic E-state index is 9.42. The molecule has 1 aromatic heterocycles. The molecule has 0 unspecified atom stereocenters. The van der Waals surface area contributed by atoms with Crippen LogP contribution in [-0.4, -0.2) is 34.7 Å². The summed E-state index contributed by atoms with van der Waals surface area (Å²) in [7, 11) is 0. The SMILES string of the molecule is CC[C@@H]1CN2CCc3c([nH]c4ccccc34)[C@@H]2C[C@@H]1CCO. The zero-order chi connectivity index (χ0) is 15.1. The lowest BCUT2D eigenvalue weighted by Gasteiger charge is -2.46. The number of fused-ring (bicyclic) bond motifs is 5. The maximum absolute atomic E-state index is 9.42. The van der Waals surface area contributed by atoms with E-state index in [0.717, 1.165) is 18.8 Å². The first-order valence-corrected chi connectivity index (χ1v) is 8.76. The molecule has 3 atom stereocenters. The molecule has 2 aliphatic rings. The van der Waals surface area contributed by atoms with Crippen molar-refractivity contribution < 1.29 is 5.11 Å². The van der Waals surface area contributed by atoms with Gasteiger partial charge in [-0.05, 0) is 42.7 Å². The number of piperidine rings is 1. The second kappa shape index (κ2) is 5.71. The van der Waals surface area contributed by atoms with Gasteiger partial charge in [-0.3, -0.25) is 4.90 Å². The Balaban J connectivity index is 1.71. The average Bonchev–Trinajstić information content (AvgIpc) is 2.93. The Morgan fingerprint density at radius 3 is 2.95 bits per heavy atom. The number of aliphatic hydroxyl groups excluding tert-OH is 1. The van der Waals surface area contributed by atoms with Crippen molar-refractivity contribution in [3.8, 4) is 0 Å². The van der Waals surface area contributed by atoms with Gasteiger partial charge in [-0.25, -0.2) is 0 Å². The first-order chi connectivity index (χ1) is 10.8. The highest BCUT2D eigenvalue weighted by molar-refractivity contribution is 5.85. The van der Waals surface area contributed by atoms with Crippen LogP contribution >= 0.6 is 0 Å². The van der Waals surface area contributed by atoms with Crippen molar-refractivity contribution in [1.82, 2.24) is 9.88 Å². The molecule has 4 rings (SSSR count). The van der Waals surface area contributed by atoms with Crippen LogP contribution in [0.1, 0.15) is 43.5 Å². The predicted octanol–water partition coefficient (Wildman–Crippen LogP) is 3.50. The number of aromatic amines is 1. The molecule has 0 spiro atoms. The number of rotatable bonds is 3. The fourth-order valence-corrected chi connectivity index (χ4v) is 4.77. The molecule has 0 radical (unpaired) electrons. The zero-order valence-corrected chi connectivity index (χ0v) is 13.4. The topological polar surface area (TPSA) is 39.3 Å². The third kappa shape index (κ3) is 2.19. The minimum atomic E-state index is 0.327. The highest BCUT2D eigenvalue weighted by Crippen LogP contribution is 2.44. The molecule has 2 N–H and O–H groups in total. The van der Waals surface area contributed by atoms with Crippen molar-refractivity contribution in [3.63, 3.8) is 0 Å². The molecule has 118 valence electrons. The summed E-state index contributed by atoms with van der Waals surface area (Å²) in [6.45, 7) is 5.00. The number of para-hydroxylation sites is 1. The Morgan fingerprint density at radius 1 is 1.27 bits per heavy atom. The predicted molar refractivity (Wildman–Crippen MR) is 89.9 cm³/mol. The molecule has 2 aliphatic heterocycles. The fraction of sp³-hybridized carbons (Fsp3) is 0.579. The summed E-state index contributed by atoms with van der Waals surface area (Å²) in [4.78, 5) is 6.39. The number of hydrogen-bond donors (Lipinski definition) is 2. The number of nitrogens with zero attached hydrogens (tertiary/aromatic N) is 1. The Labute approximate surface area is 132 Å². The molecule has 0 bridgehead atoms. The van der Waals surface area contributed by atoms with Crippen LogP contribution in [0.2, 0.25) is 0 Å². The van der Waals surface area contributed by atoms with E-state index in [1.807, 2.05) is 0 Å². The molecule has 0 aliphatic carbocycles. The van der Waals surface area contributed by atoms with Gasteiger partial charge in [-0.2, -0.15) is 0 Å². The summed E-state index contributed by atoms with van der Waals surface area (Å²) in [5.41, 5.74) is 4.27. The van der Waals surface area contributed by atoms with Gasteiger partial charge in [0.15, 0.2) is 0 Å². The summed E-state index contributed by atoms with van der Waals surface area (Å²) in [6.07, 6.45) is 4.54. The van der Waals surface area contributed by atoms with Gasteiger partial charge in [-0.1, -0.05) is 31.5 Å². The van der Waals surface area contributed by atoms with Crippen molar-refractivity contribution in [3.05, 3.63) is 35.5 Å². The maximum Gasteiger partial charge on any atom is 0.0504 e. The van der Waals surface area contributed by atoms with E-state index in [1.165, 1.54) is 48.1 Å². The smallest absolute Gasteiger partial charge is 0.0504 e. The second-order valence-corrected chi connectivity index (χ2v) is 7.00. The monoisotopic (exact) mass is 298 g/mol. The van der Waals surface area contributed by atoms with Gasteiger partial charge < -0.3 is 10.1 Å². The molecule has 3 nitrogen and oxygen atoms in total. The van der Waals surface area contributed by atoms with Crippen molar-refractivity contribution in [2.24, 2.45) is 11.8 Å². The Hall–Kier alpha value is -1.32. The Bertz CT molecular complexity index is 662. The van der Waals surface area contributed by atoms with E-state index in [-0.39, 0.29) is 0 Å². The van der Waals surface area contributed by atoms with E-state index in [2.05, 4.69) is 41.1 Å². The van der Waals surface area contributed by atoms with Gasteiger partial charge >= 0.3 is 0 Å². The van der Waals surface area contributed by atoms with E-state index < -0.39 is 0 Å². The van der Waals surface area contributed by atoms with Crippen LogP contribution in [0.3, 0.4) is 0 Å². The number of benzene rings is 1. The lowest BCUT2D eigenvalue weighted by Crippen LogP contribution is -2.46. The molecule has 0 saturated carbocycles. The van der Waals surface area contributed by atoms with Crippen LogP contribution in [0.25, 0.3) is 10.9 Å². The van der Waals surface area contributed by atoms with Gasteiger partial charge in [-0.15, -0.1) is 0 Å². The normalized spacial score (nSPS) is 28.5. The van der Waals surface area contributed by atoms with Crippen LogP contribution in [0.15, 0.2) is 24.3 Å². The van der Waals surface area contributed by atoms with E-state index in [9.17, 15) is 5.11 Å². The van der Waals surface area contributed by atoms with Crippen molar-refractivity contribution >= 4 is 10.9 Å². The molecule has 3 heterocycles. The summed E-state index contributed by atoms with van der Waals surface area (Å²) in [5.74, 6) is 1.41. The van der Waals surface area contributed by atoms with Crippen molar-refractivity contribution in [1.29, 1.82) is 0 Å². The first kappa shape index (κ1) is 14.3. The molecular formula is C19H26N2O. The van der Waals surface area contributed by atoms with Gasteiger partial charge in [0.05, 0.1) is 6.04 Å². The first-order valence-electron chi connectivity index (χ1n) is 8.76. The standard InChI is InChI=1S/C19H26N2O/c1-2-13-12-21-9-7-16-15-5-3-4-6-17(15)20-19(16)18(21)11-14(13)8-10-22/h3-6,13-14,18,20,22H,2,7-12H2,1H3/t13-,14+,18+/m1/s1. The zero-order valence-electron chi connectivity index (χ0n) is 13.4. The third-order valence-electron chi connectivity index (χ3n) is 5.96. The molecule has 22 heavy (non-hydrogen) atoms. The van der Waals surface area contributed by atoms with Crippen molar-refractivity contribution in [2.45, 2.75) is 38.6 Å². The summed E-state index contributed by atoms with van der Waals surface area (Å²) in [5, 5.41) is 10.8. The quantitative estimate of drug-likeness (QED) is 0.910. The molecule has 3 heteroatoms.